The highest BCUT2D eigenvalue weighted by molar-refractivity contribution is 7.17. The van der Waals surface area contributed by atoms with Crippen LogP contribution >= 0.6 is 11.3 Å². The maximum atomic E-state index is 12.5. The summed E-state index contributed by atoms with van der Waals surface area (Å²) < 4.78 is 5.17. The van der Waals surface area contributed by atoms with Crippen molar-refractivity contribution < 1.29 is 19.1 Å². The van der Waals surface area contributed by atoms with Crippen LogP contribution in [-0.4, -0.2) is 30.6 Å². The van der Waals surface area contributed by atoms with E-state index < -0.39 is 17.8 Å². The SMILES string of the molecule is CCOC(=O)c1c(NC(=O)C(=O)N/N=C\c2ccc3ccccc3c2)sc2c1CCCC2. The number of esters is 1. The van der Waals surface area contributed by atoms with Crippen LogP contribution in [-0.2, 0) is 27.2 Å². The average molecular weight is 450 g/mol. The van der Waals surface area contributed by atoms with E-state index in [-0.39, 0.29) is 6.61 Å². The average Bonchev–Trinajstić information content (AvgIpc) is 3.17. The van der Waals surface area contributed by atoms with Crippen molar-refractivity contribution >= 4 is 51.1 Å². The van der Waals surface area contributed by atoms with Crippen LogP contribution in [0.2, 0.25) is 0 Å². The van der Waals surface area contributed by atoms with Crippen LogP contribution in [0.5, 0.6) is 0 Å². The van der Waals surface area contributed by atoms with Gasteiger partial charge in [0.05, 0.1) is 18.4 Å². The highest BCUT2D eigenvalue weighted by atomic mass is 32.1. The topological polar surface area (TPSA) is 96.9 Å². The molecule has 2 N–H and O–H groups in total. The third-order valence-corrected chi connectivity index (χ3v) is 6.44. The summed E-state index contributed by atoms with van der Waals surface area (Å²) in [6.45, 7) is 1.97. The van der Waals surface area contributed by atoms with Gasteiger partial charge in [-0.3, -0.25) is 9.59 Å². The van der Waals surface area contributed by atoms with Gasteiger partial charge >= 0.3 is 17.8 Å². The molecule has 4 rings (SSSR count). The van der Waals surface area contributed by atoms with E-state index >= 15 is 0 Å². The minimum Gasteiger partial charge on any atom is -0.462 e. The fourth-order valence-electron chi connectivity index (χ4n) is 3.74. The first-order valence-electron chi connectivity index (χ1n) is 10.5. The van der Waals surface area contributed by atoms with Gasteiger partial charge in [-0.15, -0.1) is 11.3 Å². The summed E-state index contributed by atoms with van der Waals surface area (Å²) in [6, 6.07) is 13.7. The number of amides is 2. The van der Waals surface area contributed by atoms with Crippen molar-refractivity contribution in [3.8, 4) is 0 Å². The number of anilines is 1. The first-order valence-corrected chi connectivity index (χ1v) is 11.3. The summed E-state index contributed by atoms with van der Waals surface area (Å²) in [4.78, 5) is 38.2. The van der Waals surface area contributed by atoms with E-state index in [4.69, 9.17) is 4.74 Å². The van der Waals surface area contributed by atoms with Crippen molar-refractivity contribution in [2.24, 2.45) is 5.10 Å². The number of carbonyl (C=O) groups is 3. The molecule has 7 nitrogen and oxygen atoms in total. The summed E-state index contributed by atoms with van der Waals surface area (Å²) in [5.74, 6) is -2.27. The van der Waals surface area contributed by atoms with Crippen molar-refractivity contribution in [1.82, 2.24) is 5.43 Å². The van der Waals surface area contributed by atoms with E-state index in [9.17, 15) is 14.4 Å². The van der Waals surface area contributed by atoms with Gasteiger partial charge in [-0.2, -0.15) is 5.10 Å². The number of nitrogens with one attached hydrogen (secondary N) is 2. The quantitative estimate of drug-likeness (QED) is 0.266. The van der Waals surface area contributed by atoms with Gasteiger partial charge in [0.1, 0.15) is 5.00 Å². The Morgan fingerprint density at radius 2 is 1.84 bits per heavy atom. The lowest BCUT2D eigenvalue weighted by Crippen LogP contribution is -2.32. The molecular formula is C24H23N3O4S. The molecule has 1 heterocycles. The number of hydrogen-bond acceptors (Lipinski definition) is 6. The van der Waals surface area contributed by atoms with E-state index in [0.29, 0.717) is 10.6 Å². The zero-order valence-corrected chi connectivity index (χ0v) is 18.5. The number of aryl methyl sites for hydroxylation is 1. The van der Waals surface area contributed by atoms with Crippen LogP contribution in [0.3, 0.4) is 0 Å². The highest BCUT2D eigenvalue weighted by Gasteiger charge is 2.28. The zero-order chi connectivity index (χ0) is 22.5. The number of fused-ring (bicyclic) bond motifs is 2. The van der Waals surface area contributed by atoms with Gasteiger partial charge < -0.3 is 10.1 Å². The third kappa shape index (κ3) is 4.70. The number of thiophene rings is 1. The minimum absolute atomic E-state index is 0.237. The second kappa shape index (κ2) is 9.74. The molecule has 0 atom stereocenters. The molecule has 0 unspecified atom stereocenters. The Bertz CT molecular complexity index is 1220. The number of carbonyl (C=O) groups excluding carboxylic acids is 3. The summed E-state index contributed by atoms with van der Waals surface area (Å²) in [5, 5.41) is 8.97. The van der Waals surface area contributed by atoms with E-state index in [1.165, 1.54) is 17.6 Å². The lowest BCUT2D eigenvalue weighted by Gasteiger charge is -2.12. The molecule has 1 aliphatic carbocycles. The molecule has 1 aliphatic rings. The number of hydrogen-bond donors (Lipinski definition) is 2. The Balaban J connectivity index is 1.44. The lowest BCUT2D eigenvalue weighted by molar-refractivity contribution is -0.136. The van der Waals surface area contributed by atoms with Gasteiger partial charge in [0.25, 0.3) is 0 Å². The van der Waals surface area contributed by atoms with Gasteiger partial charge in [0, 0.05) is 4.88 Å². The third-order valence-electron chi connectivity index (χ3n) is 5.24. The Labute approximate surface area is 189 Å². The van der Waals surface area contributed by atoms with Gasteiger partial charge in [-0.1, -0.05) is 36.4 Å². The highest BCUT2D eigenvalue weighted by Crippen LogP contribution is 2.38. The summed E-state index contributed by atoms with van der Waals surface area (Å²) in [7, 11) is 0. The van der Waals surface area contributed by atoms with Crippen LogP contribution in [0, 0.1) is 0 Å². The Morgan fingerprint density at radius 3 is 2.66 bits per heavy atom. The molecule has 0 aliphatic heterocycles. The first-order chi connectivity index (χ1) is 15.6. The van der Waals surface area contributed by atoms with Crippen molar-refractivity contribution in [2.75, 3.05) is 11.9 Å². The van der Waals surface area contributed by atoms with Gasteiger partial charge in [0.2, 0.25) is 0 Å². The molecule has 3 aromatic rings. The summed E-state index contributed by atoms with van der Waals surface area (Å²) in [5.41, 5.74) is 4.32. The summed E-state index contributed by atoms with van der Waals surface area (Å²) in [6.07, 6.45) is 5.11. The summed E-state index contributed by atoms with van der Waals surface area (Å²) >= 11 is 1.33. The first kappa shape index (κ1) is 21.7. The molecule has 164 valence electrons. The smallest absolute Gasteiger partial charge is 0.341 e. The molecule has 0 radical (unpaired) electrons. The Hall–Kier alpha value is -3.52. The van der Waals surface area contributed by atoms with Gasteiger partial charge in [0.15, 0.2) is 0 Å². The lowest BCUT2D eigenvalue weighted by atomic mass is 9.95. The van der Waals surface area contributed by atoms with Crippen LogP contribution in [0.15, 0.2) is 47.6 Å². The second-order valence-electron chi connectivity index (χ2n) is 7.40. The maximum absolute atomic E-state index is 12.5. The van der Waals surface area contributed by atoms with Crippen molar-refractivity contribution in [1.29, 1.82) is 0 Å². The molecule has 0 spiro atoms. The number of rotatable bonds is 5. The molecule has 0 bridgehead atoms. The van der Waals surface area contributed by atoms with Gasteiger partial charge in [-0.25, -0.2) is 10.2 Å². The standard InChI is InChI=1S/C24H23N3O4S/c1-2-31-24(30)20-18-9-5-6-10-19(18)32-23(20)26-21(28)22(29)27-25-14-15-11-12-16-7-3-4-8-17(16)13-15/h3-4,7-8,11-14H,2,5-6,9-10H2,1H3,(H,26,28)(H,27,29)/b25-14-. The molecular weight excluding hydrogens is 426 g/mol. The number of benzene rings is 2. The van der Waals surface area contributed by atoms with Crippen LogP contribution in [0.1, 0.15) is 46.1 Å². The number of hydrazone groups is 1. The molecule has 0 saturated heterocycles. The van der Waals surface area contributed by atoms with Crippen molar-refractivity contribution in [3.05, 3.63) is 64.0 Å². The maximum Gasteiger partial charge on any atom is 0.341 e. The Morgan fingerprint density at radius 1 is 1.06 bits per heavy atom. The molecule has 0 fully saturated rings. The zero-order valence-electron chi connectivity index (χ0n) is 17.6. The van der Waals surface area contributed by atoms with Crippen molar-refractivity contribution in [3.63, 3.8) is 0 Å². The van der Waals surface area contributed by atoms with Crippen molar-refractivity contribution in [2.45, 2.75) is 32.6 Å². The normalized spacial score (nSPS) is 13.0. The molecule has 8 heteroatoms. The van der Waals surface area contributed by atoms with Crippen LogP contribution in [0.4, 0.5) is 5.00 Å². The molecule has 32 heavy (non-hydrogen) atoms. The largest absolute Gasteiger partial charge is 0.462 e. The van der Waals surface area contributed by atoms with E-state index in [1.54, 1.807) is 6.92 Å². The molecule has 1 aromatic heterocycles. The second-order valence-corrected chi connectivity index (χ2v) is 8.50. The number of ether oxygens (including phenoxy) is 1. The van der Waals surface area contributed by atoms with Gasteiger partial charge in [-0.05, 0) is 60.6 Å². The fourth-order valence-corrected chi connectivity index (χ4v) is 5.01. The number of nitrogens with zero attached hydrogens (tertiary/aromatic N) is 1. The predicted octanol–water partition coefficient (Wildman–Crippen LogP) is 4.05. The van der Waals surface area contributed by atoms with Crippen LogP contribution < -0.4 is 10.7 Å². The molecule has 0 saturated carbocycles. The minimum atomic E-state index is -0.914. The van der Waals surface area contributed by atoms with E-state index in [1.807, 2.05) is 42.5 Å². The predicted molar refractivity (Wildman–Crippen MR) is 125 cm³/mol. The molecule has 2 amide bonds. The fraction of sp³-hybridized carbons (Fsp3) is 0.250. The molecule has 2 aromatic carbocycles. The van der Waals surface area contributed by atoms with E-state index in [0.717, 1.165) is 52.5 Å². The van der Waals surface area contributed by atoms with E-state index in [2.05, 4.69) is 15.8 Å². The van der Waals surface area contributed by atoms with Crippen LogP contribution in [0.25, 0.3) is 10.8 Å². The monoisotopic (exact) mass is 449 g/mol. The Kier molecular flexibility index (Phi) is 6.61.